The SMILES string of the molecule is COC(=O)c1ccc2nc(C[C@@H]3C[C@@H](C(C)C)[C@H](CNC4CCN(C)CC4)C=C3C)[nH]c2c1. The molecule has 0 amide bonds. The number of methoxy groups -OCH3 is 1. The van der Waals surface area contributed by atoms with E-state index in [9.17, 15) is 4.79 Å². The molecule has 3 atom stereocenters. The molecule has 0 unspecified atom stereocenters. The molecule has 2 N–H and O–H groups in total. The number of aromatic amines is 1. The largest absolute Gasteiger partial charge is 0.465 e. The number of aromatic nitrogens is 2. The van der Waals surface area contributed by atoms with Crippen molar-refractivity contribution >= 4 is 17.0 Å². The van der Waals surface area contributed by atoms with Crippen molar-refractivity contribution in [1.29, 1.82) is 0 Å². The monoisotopic (exact) mass is 452 g/mol. The molecule has 4 rings (SSSR count). The maximum Gasteiger partial charge on any atom is 0.337 e. The van der Waals surface area contributed by atoms with Crippen LogP contribution in [-0.4, -0.2) is 60.7 Å². The van der Waals surface area contributed by atoms with Crippen LogP contribution >= 0.6 is 0 Å². The fourth-order valence-electron chi connectivity index (χ4n) is 5.66. The first-order valence-electron chi connectivity index (χ1n) is 12.5. The molecule has 0 bridgehead atoms. The van der Waals surface area contributed by atoms with Crippen LogP contribution in [0.3, 0.4) is 0 Å². The highest BCUT2D eigenvalue weighted by atomic mass is 16.5. The van der Waals surface area contributed by atoms with E-state index in [0.717, 1.165) is 29.8 Å². The molecule has 1 fully saturated rings. The number of esters is 1. The van der Waals surface area contributed by atoms with Crippen molar-refractivity contribution in [3.8, 4) is 0 Å². The molecule has 1 aromatic heterocycles. The zero-order chi connectivity index (χ0) is 23.5. The zero-order valence-electron chi connectivity index (χ0n) is 20.9. The highest BCUT2D eigenvalue weighted by molar-refractivity contribution is 5.93. The number of nitrogens with zero attached hydrogens (tertiary/aromatic N) is 2. The zero-order valence-corrected chi connectivity index (χ0v) is 20.9. The van der Waals surface area contributed by atoms with Gasteiger partial charge >= 0.3 is 5.97 Å². The highest BCUT2D eigenvalue weighted by Gasteiger charge is 2.32. The summed E-state index contributed by atoms with van der Waals surface area (Å²) in [6.45, 7) is 10.5. The van der Waals surface area contributed by atoms with Gasteiger partial charge in [-0.1, -0.05) is 25.5 Å². The van der Waals surface area contributed by atoms with E-state index in [1.165, 1.54) is 45.0 Å². The number of benzene rings is 1. The lowest BCUT2D eigenvalue weighted by molar-refractivity contribution is 0.0601. The van der Waals surface area contributed by atoms with E-state index >= 15 is 0 Å². The Morgan fingerprint density at radius 3 is 2.76 bits per heavy atom. The molecule has 2 aliphatic rings. The van der Waals surface area contributed by atoms with Crippen LogP contribution in [0.4, 0.5) is 0 Å². The second-order valence-electron chi connectivity index (χ2n) is 10.5. The average molecular weight is 453 g/mol. The fraction of sp³-hybridized carbons (Fsp3) is 0.630. The number of fused-ring (bicyclic) bond motifs is 1. The number of carbonyl (C=O) groups is 1. The van der Waals surface area contributed by atoms with E-state index in [1.54, 1.807) is 6.07 Å². The Morgan fingerprint density at radius 2 is 2.06 bits per heavy atom. The standard InChI is InChI=1S/C27H40N4O2/c1-17(2)23-13-20(18(3)12-21(23)16-28-22-8-10-31(4)11-9-22)15-26-29-24-7-6-19(27(32)33-5)14-25(24)30-26/h6-7,12,14,17,20-23,28H,8-11,13,15-16H2,1-5H3,(H,29,30)/t20-,21-,23-/m0/s1. The van der Waals surface area contributed by atoms with Gasteiger partial charge in [-0.05, 0) is 88.2 Å². The van der Waals surface area contributed by atoms with Crippen molar-refractivity contribution in [1.82, 2.24) is 20.2 Å². The van der Waals surface area contributed by atoms with Gasteiger partial charge in [0.1, 0.15) is 5.82 Å². The number of imidazole rings is 1. The summed E-state index contributed by atoms with van der Waals surface area (Å²) >= 11 is 0. The van der Waals surface area contributed by atoms with E-state index in [2.05, 4.69) is 49.1 Å². The van der Waals surface area contributed by atoms with Gasteiger partial charge in [-0.15, -0.1) is 0 Å². The third kappa shape index (κ3) is 5.67. The van der Waals surface area contributed by atoms with E-state index in [1.807, 2.05) is 12.1 Å². The number of ether oxygens (including phenoxy) is 1. The van der Waals surface area contributed by atoms with Gasteiger partial charge in [0.2, 0.25) is 0 Å². The van der Waals surface area contributed by atoms with Crippen molar-refractivity contribution in [2.75, 3.05) is 33.8 Å². The number of rotatable bonds is 7. The Balaban J connectivity index is 1.44. The van der Waals surface area contributed by atoms with Gasteiger partial charge in [-0.3, -0.25) is 0 Å². The highest BCUT2D eigenvalue weighted by Crippen LogP contribution is 2.38. The number of likely N-dealkylation sites (tertiary alicyclic amines) is 1. The molecule has 1 aromatic carbocycles. The molecule has 1 aliphatic heterocycles. The predicted molar refractivity (Wildman–Crippen MR) is 133 cm³/mol. The van der Waals surface area contributed by atoms with Gasteiger partial charge in [0.25, 0.3) is 0 Å². The average Bonchev–Trinajstić information content (AvgIpc) is 3.21. The van der Waals surface area contributed by atoms with Gasteiger partial charge < -0.3 is 19.9 Å². The molecule has 0 spiro atoms. The molecule has 0 saturated carbocycles. The second kappa shape index (κ2) is 10.4. The summed E-state index contributed by atoms with van der Waals surface area (Å²) in [5, 5.41) is 3.89. The lowest BCUT2D eigenvalue weighted by atomic mass is 9.69. The molecule has 1 aliphatic carbocycles. The molecular weight excluding hydrogens is 412 g/mol. The normalized spacial score (nSPS) is 24.9. The van der Waals surface area contributed by atoms with Crippen molar-refractivity contribution in [3.05, 3.63) is 41.2 Å². The number of H-pyrrole nitrogens is 1. The van der Waals surface area contributed by atoms with Crippen LogP contribution in [0, 0.1) is 23.7 Å². The van der Waals surface area contributed by atoms with Crippen molar-refractivity contribution < 1.29 is 9.53 Å². The summed E-state index contributed by atoms with van der Waals surface area (Å²) in [4.78, 5) is 22.5. The second-order valence-corrected chi connectivity index (χ2v) is 10.5. The Hall–Kier alpha value is -2.18. The van der Waals surface area contributed by atoms with Crippen molar-refractivity contribution in [2.45, 2.75) is 52.5 Å². The summed E-state index contributed by atoms with van der Waals surface area (Å²) in [7, 11) is 3.63. The molecule has 180 valence electrons. The third-order valence-corrected chi connectivity index (χ3v) is 7.84. The minimum absolute atomic E-state index is 0.321. The summed E-state index contributed by atoms with van der Waals surface area (Å²) in [6.07, 6.45) is 7.15. The van der Waals surface area contributed by atoms with Gasteiger partial charge in [0.05, 0.1) is 23.7 Å². The van der Waals surface area contributed by atoms with Crippen LogP contribution in [0.5, 0.6) is 0 Å². The number of hydrogen-bond donors (Lipinski definition) is 2. The van der Waals surface area contributed by atoms with Crippen LogP contribution in [0.1, 0.15) is 56.2 Å². The summed E-state index contributed by atoms with van der Waals surface area (Å²) in [5.74, 6) is 3.10. The van der Waals surface area contributed by atoms with Crippen LogP contribution in [0.2, 0.25) is 0 Å². The van der Waals surface area contributed by atoms with Gasteiger partial charge in [-0.2, -0.15) is 0 Å². The first kappa shape index (κ1) is 24.0. The number of nitrogens with one attached hydrogen (secondary N) is 2. The Labute approximate surface area is 198 Å². The van der Waals surface area contributed by atoms with E-state index in [4.69, 9.17) is 9.72 Å². The van der Waals surface area contributed by atoms with Crippen molar-refractivity contribution in [2.24, 2.45) is 23.7 Å². The van der Waals surface area contributed by atoms with Crippen LogP contribution in [0.25, 0.3) is 11.0 Å². The van der Waals surface area contributed by atoms with Crippen LogP contribution in [-0.2, 0) is 11.2 Å². The smallest absolute Gasteiger partial charge is 0.337 e. The summed E-state index contributed by atoms with van der Waals surface area (Å²) in [6, 6.07) is 6.17. The molecule has 6 nitrogen and oxygen atoms in total. The molecule has 33 heavy (non-hydrogen) atoms. The maximum atomic E-state index is 11.9. The molecule has 6 heteroatoms. The van der Waals surface area contributed by atoms with Gasteiger partial charge in [-0.25, -0.2) is 9.78 Å². The first-order chi connectivity index (χ1) is 15.8. The number of carbonyl (C=O) groups excluding carboxylic acids is 1. The van der Waals surface area contributed by atoms with Crippen LogP contribution < -0.4 is 5.32 Å². The fourth-order valence-corrected chi connectivity index (χ4v) is 5.66. The molecule has 1 saturated heterocycles. The first-order valence-corrected chi connectivity index (χ1v) is 12.5. The molecule has 0 radical (unpaired) electrons. The lowest BCUT2D eigenvalue weighted by Gasteiger charge is -2.38. The predicted octanol–water partition coefficient (Wildman–Crippen LogP) is 4.43. The Kier molecular flexibility index (Phi) is 7.55. The maximum absolute atomic E-state index is 11.9. The number of piperidine rings is 1. The van der Waals surface area contributed by atoms with E-state index < -0.39 is 0 Å². The van der Waals surface area contributed by atoms with Crippen molar-refractivity contribution in [3.63, 3.8) is 0 Å². The third-order valence-electron chi connectivity index (χ3n) is 7.84. The topological polar surface area (TPSA) is 70.2 Å². The molecule has 2 heterocycles. The molecule has 2 aromatic rings. The molecular formula is C27H40N4O2. The Morgan fingerprint density at radius 1 is 1.30 bits per heavy atom. The van der Waals surface area contributed by atoms with E-state index in [0.29, 0.717) is 35.3 Å². The van der Waals surface area contributed by atoms with E-state index in [-0.39, 0.29) is 5.97 Å². The summed E-state index contributed by atoms with van der Waals surface area (Å²) < 4.78 is 4.85. The number of hydrogen-bond acceptors (Lipinski definition) is 5. The summed E-state index contributed by atoms with van der Waals surface area (Å²) in [5.41, 5.74) is 3.83. The van der Waals surface area contributed by atoms with Gasteiger partial charge in [0.15, 0.2) is 0 Å². The lowest BCUT2D eigenvalue weighted by Crippen LogP contribution is -2.44. The minimum atomic E-state index is -0.321. The number of allylic oxidation sites excluding steroid dienone is 1. The van der Waals surface area contributed by atoms with Crippen LogP contribution in [0.15, 0.2) is 29.8 Å². The Bertz CT molecular complexity index is 987. The quantitative estimate of drug-likeness (QED) is 0.480. The van der Waals surface area contributed by atoms with Gasteiger partial charge in [0, 0.05) is 19.0 Å². The minimum Gasteiger partial charge on any atom is -0.465 e.